The fourth-order valence-corrected chi connectivity index (χ4v) is 4.20. The molecule has 3 heterocycles. The third-order valence-corrected chi connectivity index (χ3v) is 5.56. The van der Waals surface area contributed by atoms with Crippen LogP contribution in [-0.2, 0) is 11.2 Å². The van der Waals surface area contributed by atoms with Crippen molar-refractivity contribution < 1.29 is 9.59 Å². The summed E-state index contributed by atoms with van der Waals surface area (Å²) in [4.78, 5) is 34.7. The highest BCUT2D eigenvalue weighted by Gasteiger charge is 2.32. The summed E-state index contributed by atoms with van der Waals surface area (Å²) in [7, 11) is 0. The van der Waals surface area contributed by atoms with Crippen molar-refractivity contribution in [3.63, 3.8) is 0 Å². The molecule has 1 saturated heterocycles. The Balaban J connectivity index is 1.85. The minimum absolute atomic E-state index is 0.0351. The zero-order chi connectivity index (χ0) is 19.1. The first-order chi connectivity index (χ1) is 13.0. The number of carbonyl (C=O) groups excluding carboxylic acids is 2. The summed E-state index contributed by atoms with van der Waals surface area (Å²) in [5.41, 5.74) is 10.5. The van der Waals surface area contributed by atoms with Gasteiger partial charge in [0.15, 0.2) is 0 Å². The van der Waals surface area contributed by atoms with E-state index in [1.807, 2.05) is 26.0 Å². The Hall–Kier alpha value is -2.83. The third-order valence-electron chi connectivity index (χ3n) is 5.56. The second kappa shape index (κ2) is 6.72. The minimum Gasteiger partial charge on any atom is -0.371 e. The number of nitrogens with two attached hydrogens (primary N) is 1. The summed E-state index contributed by atoms with van der Waals surface area (Å²) < 4.78 is 0. The first-order valence-electron chi connectivity index (χ1n) is 9.55. The number of nitrogens with zero attached hydrogens (tertiary/aromatic N) is 2. The molecular formula is C20H25N5O2. The van der Waals surface area contributed by atoms with Gasteiger partial charge in [0, 0.05) is 43.2 Å². The Bertz CT molecular complexity index is 911. The Morgan fingerprint density at radius 2 is 2.07 bits per heavy atom. The number of hydrogen-bond acceptors (Lipinski definition) is 4. The van der Waals surface area contributed by atoms with Gasteiger partial charge in [-0.3, -0.25) is 9.59 Å². The zero-order valence-electron chi connectivity index (χ0n) is 15.8. The predicted molar refractivity (Wildman–Crippen MR) is 104 cm³/mol. The maximum Gasteiger partial charge on any atom is 0.250 e. The molecule has 2 aromatic rings. The van der Waals surface area contributed by atoms with Crippen molar-refractivity contribution in [2.24, 2.45) is 5.73 Å². The number of rotatable bonds is 4. The average molecular weight is 367 g/mol. The number of aryl methyl sites for hydroxylation is 2. The maximum absolute atomic E-state index is 12.4. The van der Waals surface area contributed by atoms with E-state index >= 15 is 0 Å². The Kier molecular flexibility index (Phi) is 4.37. The molecular weight excluding hydrogens is 342 g/mol. The van der Waals surface area contributed by atoms with Gasteiger partial charge in [0.1, 0.15) is 5.82 Å². The van der Waals surface area contributed by atoms with Crippen LogP contribution in [0.15, 0.2) is 12.1 Å². The number of hydrogen-bond donors (Lipinski definition) is 3. The van der Waals surface area contributed by atoms with Crippen LogP contribution in [0.2, 0.25) is 0 Å². The van der Waals surface area contributed by atoms with Gasteiger partial charge in [-0.2, -0.15) is 0 Å². The van der Waals surface area contributed by atoms with Gasteiger partial charge >= 0.3 is 0 Å². The summed E-state index contributed by atoms with van der Waals surface area (Å²) >= 11 is 0. The molecule has 0 spiro atoms. The fourth-order valence-electron chi connectivity index (χ4n) is 4.20. The van der Waals surface area contributed by atoms with E-state index in [0.29, 0.717) is 12.0 Å². The standard InChI is InChI=1S/C20H25N5O2/c1-3-17-22-11(2)19(24-17)13-9-18(26)23-15-10-16(25-6-4-5-7-25)14(20(21)27)8-12(13)15/h8,10,13H,3-7,9H2,1-2H3,(H2,21,27)(H,22,24)(H,23,26)/t13-/m0/s1. The number of carbonyl (C=O) groups is 2. The monoisotopic (exact) mass is 367 g/mol. The van der Waals surface area contributed by atoms with Crippen molar-refractivity contribution in [3.05, 3.63) is 40.5 Å². The van der Waals surface area contributed by atoms with E-state index in [1.165, 1.54) is 0 Å². The second-order valence-corrected chi connectivity index (χ2v) is 7.37. The number of benzene rings is 1. The van der Waals surface area contributed by atoms with Crippen molar-refractivity contribution in [1.82, 2.24) is 9.97 Å². The molecule has 4 rings (SSSR count). The number of amides is 2. The van der Waals surface area contributed by atoms with Crippen LogP contribution < -0.4 is 16.0 Å². The molecule has 0 saturated carbocycles. The zero-order valence-corrected chi connectivity index (χ0v) is 15.8. The van der Waals surface area contributed by atoms with Gasteiger partial charge in [-0.1, -0.05) is 6.92 Å². The molecule has 7 heteroatoms. The summed E-state index contributed by atoms with van der Waals surface area (Å²) in [5.74, 6) is 0.241. The lowest BCUT2D eigenvalue weighted by atomic mass is 9.85. The third kappa shape index (κ3) is 3.07. The number of aromatic nitrogens is 2. The van der Waals surface area contributed by atoms with Crippen molar-refractivity contribution in [1.29, 1.82) is 0 Å². The Labute approximate surface area is 158 Å². The number of anilines is 2. The number of primary amides is 1. The van der Waals surface area contributed by atoms with Gasteiger partial charge in [0.25, 0.3) is 5.91 Å². The molecule has 7 nitrogen and oxygen atoms in total. The van der Waals surface area contributed by atoms with E-state index in [9.17, 15) is 9.59 Å². The number of H-pyrrole nitrogens is 1. The average Bonchev–Trinajstić information content (AvgIpc) is 3.29. The van der Waals surface area contributed by atoms with Crippen LogP contribution in [0.25, 0.3) is 0 Å². The van der Waals surface area contributed by atoms with Crippen molar-refractivity contribution in [2.45, 2.75) is 45.4 Å². The van der Waals surface area contributed by atoms with E-state index in [0.717, 1.165) is 66.5 Å². The molecule has 27 heavy (non-hydrogen) atoms. The van der Waals surface area contributed by atoms with Crippen molar-refractivity contribution in [3.8, 4) is 0 Å². The normalized spacial score (nSPS) is 19.1. The Morgan fingerprint density at radius 1 is 1.33 bits per heavy atom. The molecule has 0 radical (unpaired) electrons. The van der Waals surface area contributed by atoms with Gasteiger partial charge in [0.05, 0.1) is 16.9 Å². The highest BCUT2D eigenvalue weighted by atomic mass is 16.2. The molecule has 1 atom stereocenters. The van der Waals surface area contributed by atoms with Crippen LogP contribution >= 0.6 is 0 Å². The first kappa shape index (κ1) is 17.6. The van der Waals surface area contributed by atoms with Crippen LogP contribution in [-0.4, -0.2) is 34.9 Å². The van der Waals surface area contributed by atoms with Crippen molar-refractivity contribution >= 4 is 23.2 Å². The largest absolute Gasteiger partial charge is 0.371 e. The molecule has 2 amide bonds. The van der Waals surface area contributed by atoms with E-state index < -0.39 is 5.91 Å². The number of aromatic amines is 1. The molecule has 1 fully saturated rings. The van der Waals surface area contributed by atoms with E-state index in [-0.39, 0.29) is 11.8 Å². The lowest BCUT2D eigenvalue weighted by Gasteiger charge is -2.29. The second-order valence-electron chi connectivity index (χ2n) is 7.37. The molecule has 2 aliphatic rings. The quantitative estimate of drug-likeness (QED) is 0.772. The van der Waals surface area contributed by atoms with Crippen LogP contribution in [0.3, 0.4) is 0 Å². The van der Waals surface area contributed by atoms with Crippen LogP contribution in [0.5, 0.6) is 0 Å². The molecule has 142 valence electrons. The Morgan fingerprint density at radius 3 is 2.70 bits per heavy atom. The van der Waals surface area contributed by atoms with Gasteiger partial charge in [-0.05, 0) is 37.5 Å². The lowest BCUT2D eigenvalue weighted by molar-refractivity contribution is -0.116. The number of imidazole rings is 1. The minimum atomic E-state index is -0.441. The van der Waals surface area contributed by atoms with Gasteiger partial charge in [-0.25, -0.2) is 4.98 Å². The molecule has 1 aromatic heterocycles. The predicted octanol–water partition coefficient (Wildman–Crippen LogP) is 2.45. The highest BCUT2D eigenvalue weighted by Crippen LogP contribution is 2.41. The molecule has 0 bridgehead atoms. The smallest absolute Gasteiger partial charge is 0.250 e. The lowest BCUT2D eigenvalue weighted by Crippen LogP contribution is -2.28. The molecule has 1 aromatic carbocycles. The van der Waals surface area contributed by atoms with Crippen molar-refractivity contribution in [2.75, 3.05) is 23.3 Å². The molecule has 0 unspecified atom stereocenters. The SMILES string of the molecule is CCc1nc([C@H]2CC(=O)Nc3cc(N4CCCC4)c(C(N)=O)cc32)c(C)[nH]1. The molecule has 4 N–H and O–H groups in total. The summed E-state index contributed by atoms with van der Waals surface area (Å²) in [6.45, 7) is 5.81. The van der Waals surface area contributed by atoms with E-state index in [2.05, 4.69) is 15.2 Å². The first-order valence-corrected chi connectivity index (χ1v) is 9.55. The summed E-state index contributed by atoms with van der Waals surface area (Å²) in [5, 5.41) is 2.97. The van der Waals surface area contributed by atoms with Crippen LogP contribution in [0.4, 0.5) is 11.4 Å². The highest BCUT2D eigenvalue weighted by molar-refractivity contribution is 6.03. The number of fused-ring (bicyclic) bond motifs is 1. The van der Waals surface area contributed by atoms with Gasteiger partial charge in [0.2, 0.25) is 5.91 Å². The molecule has 2 aliphatic heterocycles. The van der Waals surface area contributed by atoms with E-state index in [1.54, 1.807) is 0 Å². The summed E-state index contributed by atoms with van der Waals surface area (Å²) in [6, 6.07) is 3.77. The van der Waals surface area contributed by atoms with E-state index in [4.69, 9.17) is 10.7 Å². The maximum atomic E-state index is 12.4. The number of nitrogens with one attached hydrogen (secondary N) is 2. The topological polar surface area (TPSA) is 104 Å². The van der Waals surface area contributed by atoms with Gasteiger partial charge in [-0.15, -0.1) is 0 Å². The van der Waals surface area contributed by atoms with Crippen LogP contribution in [0.1, 0.15) is 65.2 Å². The van der Waals surface area contributed by atoms with Gasteiger partial charge < -0.3 is 20.9 Å². The molecule has 0 aliphatic carbocycles. The van der Waals surface area contributed by atoms with Crippen LogP contribution in [0, 0.1) is 6.92 Å². The summed E-state index contributed by atoms with van der Waals surface area (Å²) in [6.07, 6.45) is 3.29. The fraction of sp³-hybridized carbons (Fsp3) is 0.450.